The Morgan fingerprint density at radius 2 is 2.29 bits per heavy atom. The molecule has 6 nitrogen and oxygen atoms in total. The molecule has 0 fully saturated rings. The Morgan fingerprint density at radius 3 is 3.00 bits per heavy atom. The summed E-state index contributed by atoms with van der Waals surface area (Å²) >= 11 is 0. The van der Waals surface area contributed by atoms with Crippen molar-refractivity contribution in [3.05, 3.63) is 48.0 Å². The molecule has 1 aromatic heterocycles. The summed E-state index contributed by atoms with van der Waals surface area (Å²) in [6, 6.07) is 7.51. The van der Waals surface area contributed by atoms with E-state index in [1.165, 1.54) is 24.5 Å². The number of amides is 1. The lowest BCUT2D eigenvalue weighted by Gasteiger charge is -2.19. The summed E-state index contributed by atoms with van der Waals surface area (Å²) in [5.74, 6) is -0.466. The molecule has 3 rings (SSSR count). The van der Waals surface area contributed by atoms with Crippen LogP contribution in [-0.2, 0) is 9.63 Å². The van der Waals surface area contributed by atoms with E-state index in [1.807, 2.05) is 0 Å². The van der Waals surface area contributed by atoms with E-state index in [0.29, 0.717) is 17.1 Å². The smallest absolute Gasteiger partial charge is 0.272 e. The first-order valence-electron chi connectivity index (χ1n) is 6.30. The van der Waals surface area contributed by atoms with Crippen molar-refractivity contribution in [1.29, 1.82) is 0 Å². The summed E-state index contributed by atoms with van der Waals surface area (Å²) in [4.78, 5) is 17.5. The van der Waals surface area contributed by atoms with Gasteiger partial charge in [0.05, 0.1) is 5.71 Å². The molecule has 2 heterocycles. The molecule has 0 radical (unpaired) electrons. The van der Waals surface area contributed by atoms with Gasteiger partial charge in [-0.3, -0.25) is 4.79 Å². The fourth-order valence-corrected chi connectivity index (χ4v) is 2.01. The number of halogens is 1. The van der Waals surface area contributed by atoms with Crippen molar-refractivity contribution in [1.82, 2.24) is 5.16 Å². The summed E-state index contributed by atoms with van der Waals surface area (Å²) in [5.41, 5.74) is -0.0547. The molecule has 0 aliphatic carbocycles. The van der Waals surface area contributed by atoms with E-state index in [-0.39, 0.29) is 12.2 Å². The van der Waals surface area contributed by atoms with Crippen LogP contribution >= 0.6 is 0 Å². The molecule has 2 aromatic rings. The molecule has 1 aromatic carbocycles. The number of hydrogen-bond acceptors (Lipinski definition) is 5. The SMILES string of the molecule is CC1(C(=O)Nc2ccon2)CC(c2cccc(F)c2)=NO1. The highest BCUT2D eigenvalue weighted by molar-refractivity contribution is 6.07. The maximum atomic E-state index is 13.2. The van der Waals surface area contributed by atoms with Crippen LogP contribution in [0, 0.1) is 5.82 Å². The molecule has 1 atom stereocenters. The normalized spacial score (nSPS) is 20.8. The minimum absolute atomic E-state index is 0.236. The van der Waals surface area contributed by atoms with Crippen molar-refractivity contribution in [3.63, 3.8) is 0 Å². The van der Waals surface area contributed by atoms with E-state index in [2.05, 4.69) is 20.2 Å². The van der Waals surface area contributed by atoms with Crippen molar-refractivity contribution >= 4 is 17.4 Å². The first-order chi connectivity index (χ1) is 10.1. The number of aromatic nitrogens is 1. The summed E-state index contributed by atoms with van der Waals surface area (Å²) in [6.07, 6.45) is 1.59. The van der Waals surface area contributed by atoms with Crippen molar-refractivity contribution in [2.45, 2.75) is 18.9 Å². The zero-order valence-corrected chi connectivity index (χ0v) is 11.2. The predicted octanol–water partition coefficient (Wildman–Crippen LogP) is 2.34. The van der Waals surface area contributed by atoms with Gasteiger partial charge in [-0.25, -0.2) is 4.39 Å². The number of nitrogens with one attached hydrogen (secondary N) is 1. The van der Waals surface area contributed by atoms with Crippen LogP contribution in [0.3, 0.4) is 0 Å². The van der Waals surface area contributed by atoms with E-state index < -0.39 is 11.5 Å². The summed E-state index contributed by atoms with van der Waals surface area (Å²) in [7, 11) is 0. The van der Waals surface area contributed by atoms with Crippen LogP contribution in [0.2, 0.25) is 0 Å². The third-order valence-corrected chi connectivity index (χ3v) is 3.18. The van der Waals surface area contributed by atoms with Crippen LogP contribution < -0.4 is 5.32 Å². The van der Waals surface area contributed by atoms with Gasteiger partial charge in [0.2, 0.25) is 5.60 Å². The number of oxime groups is 1. The van der Waals surface area contributed by atoms with Crippen LogP contribution in [0.5, 0.6) is 0 Å². The van der Waals surface area contributed by atoms with Gasteiger partial charge < -0.3 is 14.7 Å². The fraction of sp³-hybridized carbons (Fsp3) is 0.214. The van der Waals surface area contributed by atoms with Gasteiger partial charge >= 0.3 is 0 Å². The zero-order chi connectivity index (χ0) is 14.9. The minimum Gasteiger partial charge on any atom is -0.379 e. The number of anilines is 1. The van der Waals surface area contributed by atoms with E-state index in [1.54, 1.807) is 19.1 Å². The third-order valence-electron chi connectivity index (χ3n) is 3.18. The molecule has 0 saturated carbocycles. The first-order valence-corrected chi connectivity index (χ1v) is 6.30. The number of hydrogen-bond donors (Lipinski definition) is 1. The van der Waals surface area contributed by atoms with Crippen LogP contribution in [-0.4, -0.2) is 22.4 Å². The third kappa shape index (κ3) is 2.62. The number of carbonyl (C=O) groups is 1. The monoisotopic (exact) mass is 289 g/mol. The molecular formula is C14H12FN3O3. The number of rotatable bonds is 3. The second-order valence-electron chi connectivity index (χ2n) is 4.89. The van der Waals surface area contributed by atoms with E-state index in [9.17, 15) is 9.18 Å². The van der Waals surface area contributed by atoms with Gasteiger partial charge in [0.15, 0.2) is 5.82 Å². The van der Waals surface area contributed by atoms with Gasteiger partial charge in [-0.05, 0) is 19.1 Å². The molecular weight excluding hydrogens is 277 g/mol. The average molecular weight is 289 g/mol. The van der Waals surface area contributed by atoms with Crippen molar-refractivity contribution in [3.8, 4) is 0 Å². The Balaban J connectivity index is 1.73. The quantitative estimate of drug-likeness (QED) is 0.940. The van der Waals surface area contributed by atoms with Crippen LogP contribution in [0.15, 0.2) is 46.3 Å². The lowest BCUT2D eigenvalue weighted by molar-refractivity contribution is -0.136. The van der Waals surface area contributed by atoms with Crippen molar-refractivity contribution in [2.75, 3.05) is 5.32 Å². The van der Waals surface area contributed by atoms with Crippen LogP contribution in [0.4, 0.5) is 10.2 Å². The van der Waals surface area contributed by atoms with Gasteiger partial charge in [-0.15, -0.1) is 0 Å². The molecule has 7 heteroatoms. The minimum atomic E-state index is -1.17. The van der Waals surface area contributed by atoms with E-state index in [4.69, 9.17) is 4.84 Å². The topological polar surface area (TPSA) is 76.7 Å². The highest BCUT2D eigenvalue weighted by atomic mass is 19.1. The number of nitrogens with zero attached hydrogens (tertiary/aromatic N) is 2. The predicted molar refractivity (Wildman–Crippen MR) is 72.2 cm³/mol. The second kappa shape index (κ2) is 5.01. The van der Waals surface area contributed by atoms with Gasteiger partial charge in [0.25, 0.3) is 5.91 Å². The highest BCUT2D eigenvalue weighted by Crippen LogP contribution is 2.28. The maximum absolute atomic E-state index is 13.2. The maximum Gasteiger partial charge on any atom is 0.272 e. The summed E-state index contributed by atoms with van der Waals surface area (Å²) in [6.45, 7) is 1.61. The van der Waals surface area contributed by atoms with Gasteiger partial charge in [-0.1, -0.05) is 22.4 Å². The van der Waals surface area contributed by atoms with E-state index >= 15 is 0 Å². The molecule has 21 heavy (non-hydrogen) atoms. The lowest BCUT2D eigenvalue weighted by Crippen LogP contribution is -2.40. The Morgan fingerprint density at radius 1 is 1.43 bits per heavy atom. The van der Waals surface area contributed by atoms with Crippen molar-refractivity contribution < 1.29 is 18.5 Å². The van der Waals surface area contributed by atoms with Gasteiger partial charge in [0, 0.05) is 18.1 Å². The van der Waals surface area contributed by atoms with Crippen LogP contribution in [0.25, 0.3) is 0 Å². The molecule has 1 aliphatic rings. The standard InChI is InChI=1S/C14H12FN3O3/c1-14(13(19)16-12-5-6-20-18-12)8-11(17-21-14)9-3-2-4-10(15)7-9/h2-7H,8H2,1H3,(H,16,18,19). The molecule has 0 bridgehead atoms. The first kappa shape index (κ1) is 13.3. The molecule has 1 aliphatic heterocycles. The largest absolute Gasteiger partial charge is 0.379 e. The fourth-order valence-electron chi connectivity index (χ4n) is 2.01. The molecule has 0 saturated heterocycles. The Bertz CT molecular complexity index is 699. The Labute approximate surface area is 119 Å². The van der Waals surface area contributed by atoms with Gasteiger partial charge in [0.1, 0.15) is 12.1 Å². The Kier molecular flexibility index (Phi) is 3.17. The summed E-state index contributed by atoms with van der Waals surface area (Å²) < 4.78 is 17.9. The summed E-state index contributed by atoms with van der Waals surface area (Å²) in [5, 5.41) is 10.1. The average Bonchev–Trinajstić information content (AvgIpc) is 3.09. The van der Waals surface area contributed by atoms with E-state index in [0.717, 1.165) is 0 Å². The Hall–Kier alpha value is -2.70. The van der Waals surface area contributed by atoms with Crippen molar-refractivity contribution in [2.24, 2.45) is 5.16 Å². The molecule has 0 spiro atoms. The highest BCUT2D eigenvalue weighted by Gasteiger charge is 2.42. The molecule has 108 valence electrons. The second-order valence-corrected chi connectivity index (χ2v) is 4.89. The van der Waals surface area contributed by atoms with Gasteiger partial charge in [-0.2, -0.15) is 0 Å². The number of carbonyl (C=O) groups excluding carboxylic acids is 1. The lowest BCUT2D eigenvalue weighted by atomic mass is 9.95. The molecule has 1 N–H and O–H groups in total. The van der Waals surface area contributed by atoms with Crippen LogP contribution in [0.1, 0.15) is 18.9 Å². The number of benzene rings is 1. The molecule has 1 unspecified atom stereocenters. The molecule has 1 amide bonds. The zero-order valence-electron chi connectivity index (χ0n) is 11.2.